The Kier molecular flexibility index (Phi) is 4.05. The van der Waals surface area contributed by atoms with E-state index in [1.165, 1.54) is 0 Å². The van der Waals surface area contributed by atoms with Crippen LogP contribution in [-0.4, -0.2) is 24.8 Å². The maximum absolute atomic E-state index is 10.6. The van der Waals surface area contributed by atoms with Crippen LogP contribution in [0.5, 0.6) is 0 Å². The lowest BCUT2D eigenvalue weighted by molar-refractivity contribution is 0.0136. The van der Waals surface area contributed by atoms with Crippen LogP contribution in [0.15, 0.2) is 0 Å². The lowest BCUT2D eigenvalue weighted by atomic mass is 9.99. The van der Waals surface area contributed by atoms with Gasteiger partial charge in [0.25, 0.3) is 0 Å². The Morgan fingerprint density at radius 1 is 1.08 bits per heavy atom. The Morgan fingerprint density at radius 2 is 1.38 bits per heavy atom. The molecule has 0 spiro atoms. The van der Waals surface area contributed by atoms with Crippen LogP contribution >= 0.6 is 0 Å². The molecule has 0 saturated heterocycles. The maximum Gasteiger partial charge on any atom is 0.0326 e. The van der Waals surface area contributed by atoms with Gasteiger partial charge in [-0.25, -0.2) is 5.01 Å². The molecular formula is C8H19N2O2S-. The lowest BCUT2D eigenvalue weighted by Crippen LogP contribution is -2.59. The van der Waals surface area contributed by atoms with Crippen LogP contribution in [0.3, 0.4) is 0 Å². The Hall–Kier alpha value is 0.0300. The highest BCUT2D eigenvalue weighted by molar-refractivity contribution is 7.76. The van der Waals surface area contributed by atoms with Crippen molar-refractivity contribution in [3.8, 4) is 0 Å². The summed E-state index contributed by atoms with van der Waals surface area (Å²) in [5.74, 6) is 0. The molecule has 1 atom stereocenters. The molecular weight excluding hydrogens is 188 g/mol. The molecule has 0 radical (unpaired) electrons. The molecule has 1 N–H and O–H groups in total. The third-order valence-corrected chi connectivity index (χ3v) is 1.84. The molecule has 0 aromatic carbocycles. The van der Waals surface area contributed by atoms with Gasteiger partial charge in [0.1, 0.15) is 0 Å². The Balaban J connectivity index is 4.68. The predicted octanol–water partition coefficient (Wildman–Crippen LogP) is 1.18. The summed E-state index contributed by atoms with van der Waals surface area (Å²) in [6.45, 7) is 11.7. The molecule has 4 nitrogen and oxygen atoms in total. The van der Waals surface area contributed by atoms with Crippen molar-refractivity contribution < 1.29 is 8.76 Å². The van der Waals surface area contributed by atoms with Gasteiger partial charge in [-0.2, -0.15) is 4.83 Å². The summed E-state index contributed by atoms with van der Waals surface area (Å²) < 4.78 is 21.1. The molecule has 0 bridgehead atoms. The molecule has 80 valence electrons. The quantitative estimate of drug-likeness (QED) is 0.546. The van der Waals surface area contributed by atoms with Crippen molar-refractivity contribution in [2.75, 3.05) is 0 Å². The number of hydrogen-bond donors (Lipinski definition) is 1. The zero-order valence-electron chi connectivity index (χ0n) is 9.17. The van der Waals surface area contributed by atoms with E-state index in [1.54, 1.807) is 5.01 Å². The van der Waals surface area contributed by atoms with Crippen molar-refractivity contribution in [1.29, 1.82) is 0 Å². The average molecular weight is 207 g/mol. The molecule has 5 heteroatoms. The van der Waals surface area contributed by atoms with Crippen LogP contribution in [-0.2, 0) is 11.3 Å². The summed E-state index contributed by atoms with van der Waals surface area (Å²) >= 11 is -2.26. The van der Waals surface area contributed by atoms with Crippen LogP contribution < -0.4 is 4.83 Å². The van der Waals surface area contributed by atoms with Crippen LogP contribution in [0.1, 0.15) is 41.5 Å². The van der Waals surface area contributed by atoms with Crippen molar-refractivity contribution in [2.45, 2.75) is 52.6 Å². The molecule has 0 heterocycles. The van der Waals surface area contributed by atoms with Crippen molar-refractivity contribution in [2.24, 2.45) is 0 Å². The van der Waals surface area contributed by atoms with E-state index in [4.69, 9.17) is 0 Å². The second kappa shape index (κ2) is 4.04. The minimum Gasteiger partial charge on any atom is -0.759 e. The second-order valence-corrected chi connectivity index (χ2v) is 5.66. The van der Waals surface area contributed by atoms with E-state index in [9.17, 15) is 8.76 Å². The summed E-state index contributed by atoms with van der Waals surface area (Å²) in [6.07, 6.45) is 0. The molecule has 0 aliphatic carbocycles. The van der Waals surface area contributed by atoms with E-state index in [0.717, 1.165) is 0 Å². The van der Waals surface area contributed by atoms with Crippen molar-refractivity contribution in [3.63, 3.8) is 0 Å². The predicted molar refractivity (Wildman–Crippen MR) is 53.4 cm³/mol. The summed E-state index contributed by atoms with van der Waals surface area (Å²) in [5.41, 5.74) is -0.476. The lowest BCUT2D eigenvalue weighted by Gasteiger charge is -2.45. The summed E-state index contributed by atoms with van der Waals surface area (Å²) in [4.78, 5) is 2.41. The highest BCUT2D eigenvalue weighted by atomic mass is 32.2. The van der Waals surface area contributed by atoms with E-state index in [2.05, 4.69) is 4.83 Å². The molecule has 0 aliphatic rings. The first-order chi connectivity index (χ1) is 5.55. The molecule has 0 aromatic heterocycles. The number of rotatable bonds is 2. The van der Waals surface area contributed by atoms with Crippen LogP contribution in [0, 0.1) is 0 Å². The van der Waals surface area contributed by atoms with Crippen LogP contribution in [0.25, 0.3) is 0 Å². The van der Waals surface area contributed by atoms with Gasteiger partial charge in [0.2, 0.25) is 0 Å². The van der Waals surface area contributed by atoms with Gasteiger partial charge in [-0.05, 0) is 41.5 Å². The van der Waals surface area contributed by atoms with Gasteiger partial charge in [0.15, 0.2) is 0 Å². The van der Waals surface area contributed by atoms with Crippen molar-refractivity contribution >= 4 is 11.3 Å². The minimum absolute atomic E-state index is 0.238. The molecule has 0 aliphatic heterocycles. The molecule has 1 unspecified atom stereocenters. The highest BCUT2D eigenvalue weighted by Gasteiger charge is 2.31. The van der Waals surface area contributed by atoms with E-state index in [-0.39, 0.29) is 11.1 Å². The zero-order valence-corrected chi connectivity index (χ0v) is 9.99. The van der Waals surface area contributed by atoms with E-state index < -0.39 is 11.3 Å². The van der Waals surface area contributed by atoms with Gasteiger partial charge in [0.05, 0.1) is 0 Å². The van der Waals surface area contributed by atoms with Gasteiger partial charge in [-0.15, -0.1) is 0 Å². The van der Waals surface area contributed by atoms with E-state index in [1.807, 2.05) is 41.5 Å². The first-order valence-electron chi connectivity index (χ1n) is 4.21. The summed E-state index contributed by atoms with van der Waals surface area (Å²) in [5, 5.41) is 1.71. The third kappa shape index (κ3) is 4.71. The van der Waals surface area contributed by atoms with E-state index >= 15 is 0 Å². The fourth-order valence-electron chi connectivity index (χ4n) is 1.35. The van der Waals surface area contributed by atoms with Gasteiger partial charge < -0.3 is 4.55 Å². The van der Waals surface area contributed by atoms with Gasteiger partial charge in [-0.1, -0.05) is 0 Å². The Morgan fingerprint density at radius 3 is 1.46 bits per heavy atom. The van der Waals surface area contributed by atoms with Crippen molar-refractivity contribution in [1.82, 2.24) is 9.84 Å². The number of nitrogens with zero attached hydrogens (tertiary/aromatic N) is 1. The first-order valence-corrected chi connectivity index (χ1v) is 5.28. The molecule has 0 fully saturated rings. The molecule has 13 heavy (non-hydrogen) atoms. The molecule has 0 aromatic rings. The monoisotopic (exact) mass is 207 g/mol. The topological polar surface area (TPSA) is 55.4 Å². The summed E-state index contributed by atoms with van der Waals surface area (Å²) in [6, 6.07) is 0. The van der Waals surface area contributed by atoms with Gasteiger partial charge in [0, 0.05) is 22.3 Å². The number of nitrogens with one attached hydrogen (secondary N) is 1. The Labute approximate surface area is 83.1 Å². The minimum atomic E-state index is -2.26. The Bertz CT molecular complexity index is 179. The molecule has 0 rings (SSSR count). The second-order valence-electron chi connectivity index (χ2n) is 5.00. The maximum atomic E-state index is 10.6. The molecule has 0 amide bonds. The first kappa shape index (κ1) is 13.0. The third-order valence-electron chi connectivity index (χ3n) is 1.51. The number of hydrogen-bond acceptors (Lipinski definition) is 3. The summed E-state index contributed by atoms with van der Waals surface area (Å²) in [7, 11) is 0. The fraction of sp³-hybridized carbons (Fsp3) is 1.00. The van der Waals surface area contributed by atoms with E-state index in [0.29, 0.717) is 0 Å². The normalized spacial score (nSPS) is 16.3. The zero-order chi connectivity index (χ0) is 10.9. The van der Waals surface area contributed by atoms with Crippen molar-refractivity contribution in [3.05, 3.63) is 0 Å². The largest absolute Gasteiger partial charge is 0.759 e. The SMILES string of the molecule is CC(C)(C)N(NS(=O)[O-])C(C)(C)C. The van der Waals surface area contributed by atoms with Gasteiger partial charge in [-0.3, -0.25) is 4.21 Å². The fourth-order valence-corrected chi connectivity index (χ4v) is 2.05. The van der Waals surface area contributed by atoms with Crippen LogP contribution in [0.2, 0.25) is 0 Å². The highest BCUT2D eigenvalue weighted by Crippen LogP contribution is 2.21. The average Bonchev–Trinajstić information content (AvgIpc) is 1.77. The number of hydrazine groups is 1. The van der Waals surface area contributed by atoms with Crippen LogP contribution in [0.4, 0.5) is 0 Å². The standard InChI is InChI=1S/C8H20N2O2S/c1-7(2,3)10(8(4,5)6)9-13(11)12/h9H,1-6H3,(H,11,12)/p-1. The smallest absolute Gasteiger partial charge is 0.0326 e. The van der Waals surface area contributed by atoms with Gasteiger partial charge >= 0.3 is 0 Å². The molecule has 0 saturated carbocycles.